The highest BCUT2D eigenvalue weighted by molar-refractivity contribution is 8.01. The molecule has 0 bridgehead atoms. The highest BCUT2D eigenvalue weighted by atomic mass is 32.2. The van der Waals surface area contributed by atoms with Crippen LogP contribution in [0.15, 0.2) is 64.6 Å². The van der Waals surface area contributed by atoms with E-state index in [1.165, 1.54) is 16.8 Å². The molecule has 108 valence electrons. The predicted molar refractivity (Wildman–Crippen MR) is 87.8 cm³/mol. The third kappa shape index (κ3) is 2.74. The number of hydrazone groups is 1. The van der Waals surface area contributed by atoms with Crippen molar-refractivity contribution in [2.24, 2.45) is 5.10 Å². The van der Waals surface area contributed by atoms with Crippen molar-refractivity contribution in [1.29, 1.82) is 5.26 Å². The number of hydrogen-bond donors (Lipinski definition) is 0. The molecule has 1 atom stereocenters. The molecule has 2 aromatic carbocycles. The Hall–Kier alpha value is -2.58. The van der Waals surface area contributed by atoms with Crippen molar-refractivity contribution in [3.63, 3.8) is 0 Å². The van der Waals surface area contributed by atoms with E-state index in [4.69, 9.17) is 5.26 Å². The van der Waals surface area contributed by atoms with Gasteiger partial charge in [-0.25, -0.2) is 0 Å². The highest BCUT2D eigenvalue weighted by Gasteiger charge is 2.35. The van der Waals surface area contributed by atoms with Crippen LogP contribution in [0.25, 0.3) is 0 Å². The number of nitrogens with zero attached hydrogens (tertiary/aromatic N) is 3. The highest BCUT2D eigenvalue weighted by Crippen LogP contribution is 2.31. The minimum Gasteiger partial charge on any atom is -0.271 e. The van der Waals surface area contributed by atoms with Gasteiger partial charge in [-0.2, -0.15) is 15.4 Å². The van der Waals surface area contributed by atoms with Crippen molar-refractivity contribution < 1.29 is 4.79 Å². The fourth-order valence-corrected chi connectivity index (χ4v) is 3.17. The number of carbonyl (C=O) groups excluding carboxylic acids is 1. The zero-order chi connectivity index (χ0) is 15.5. The van der Waals surface area contributed by atoms with E-state index < -0.39 is 0 Å². The van der Waals surface area contributed by atoms with Crippen molar-refractivity contribution in [2.45, 2.75) is 17.1 Å². The second-order valence-electron chi connectivity index (χ2n) is 4.86. The van der Waals surface area contributed by atoms with Gasteiger partial charge in [0.05, 0.1) is 23.0 Å². The lowest BCUT2D eigenvalue weighted by Crippen LogP contribution is -2.28. The summed E-state index contributed by atoms with van der Waals surface area (Å²) in [5.41, 5.74) is 2.16. The van der Waals surface area contributed by atoms with Crippen molar-refractivity contribution >= 4 is 29.1 Å². The first kappa shape index (κ1) is 14.4. The van der Waals surface area contributed by atoms with Gasteiger partial charge >= 0.3 is 0 Å². The molecule has 3 rings (SSSR count). The summed E-state index contributed by atoms with van der Waals surface area (Å²) in [5, 5.41) is 14.3. The molecule has 0 aromatic heterocycles. The molecule has 1 aliphatic rings. The molecule has 0 aliphatic carbocycles. The van der Waals surface area contributed by atoms with E-state index in [2.05, 4.69) is 11.2 Å². The van der Waals surface area contributed by atoms with E-state index in [1.807, 2.05) is 49.4 Å². The Morgan fingerprint density at radius 3 is 2.45 bits per heavy atom. The number of amides is 1. The molecule has 22 heavy (non-hydrogen) atoms. The summed E-state index contributed by atoms with van der Waals surface area (Å²) in [6.07, 6.45) is 0. The van der Waals surface area contributed by atoms with Crippen LogP contribution in [0.4, 0.5) is 5.69 Å². The van der Waals surface area contributed by atoms with Gasteiger partial charge in [0.1, 0.15) is 5.25 Å². The average molecular weight is 307 g/mol. The summed E-state index contributed by atoms with van der Waals surface area (Å²) < 4.78 is 0. The molecule has 1 aliphatic heterocycles. The molecule has 1 amide bonds. The Bertz CT molecular complexity index is 763. The lowest BCUT2D eigenvalue weighted by molar-refractivity contribution is -0.116. The molecular formula is C17H13N3OS. The number of benzene rings is 2. The lowest BCUT2D eigenvalue weighted by Gasteiger charge is -2.14. The molecule has 0 saturated heterocycles. The molecule has 0 spiro atoms. The zero-order valence-electron chi connectivity index (χ0n) is 11.9. The van der Waals surface area contributed by atoms with Gasteiger partial charge in [0.2, 0.25) is 0 Å². The molecule has 4 nitrogen and oxygen atoms in total. The number of carbonyl (C=O) groups is 1. The van der Waals surface area contributed by atoms with Crippen LogP contribution in [0.3, 0.4) is 0 Å². The van der Waals surface area contributed by atoms with E-state index in [1.54, 1.807) is 12.1 Å². The molecule has 1 unspecified atom stereocenters. The largest absolute Gasteiger partial charge is 0.271 e. The quantitative estimate of drug-likeness (QED) is 0.872. The zero-order valence-corrected chi connectivity index (χ0v) is 12.7. The smallest absolute Gasteiger partial charge is 0.266 e. The van der Waals surface area contributed by atoms with Gasteiger partial charge in [0.15, 0.2) is 0 Å². The number of anilines is 1. The fraction of sp³-hybridized carbons (Fsp3) is 0.118. The van der Waals surface area contributed by atoms with Gasteiger partial charge in [-0.15, -0.1) is 11.8 Å². The summed E-state index contributed by atoms with van der Waals surface area (Å²) in [5.74, 6) is -0.0435. The van der Waals surface area contributed by atoms with Crippen LogP contribution in [0.1, 0.15) is 12.5 Å². The van der Waals surface area contributed by atoms with Gasteiger partial charge in [-0.1, -0.05) is 18.2 Å². The Morgan fingerprint density at radius 2 is 1.82 bits per heavy atom. The van der Waals surface area contributed by atoms with E-state index in [0.29, 0.717) is 5.56 Å². The van der Waals surface area contributed by atoms with E-state index >= 15 is 0 Å². The third-order valence-electron chi connectivity index (χ3n) is 3.31. The Morgan fingerprint density at radius 1 is 1.14 bits per heavy atom. The molecule has 0 saturated carbocycles. The van der Waals surface area contributed by atoms with Gasteiger partial charge in [-0.05, 0) is 43.3 Å². The molecule has 0 radical (unpaired) electrons. The van der Waals surface area contributed by atoms with Crippen molar-refractivity contribution in [3.05, 3.63) is 60.2 Å². The summed E-state index contributed by atoms with van der Waals surface area (Å²) in [4.78, 5) is 13.5. The van der Waals surface area contributed by atoms with Crippen LogP contribution >= 0.6 is 11.8 Å². The van der Waals surface area contributed by atoms with Gasteiger partial charge in [0.25, 0.3) is 5.91 Å². The first-order valence-corrected chi connectivity index (χ1v) is 7.68. The normalized spacial score (nSPS) is 17.3. The van der Waals surface area contributed by atoms with Crippen LogP contribution in [0.5, 0.6) is 0 Å². The second-order valence-corrected chi connectivity index (χ2v) is 6.04. The summed E-state index contributed by atoms with van der Waals surface area (Å²) in [7, 11) is 0. The maximum Gasteiger partial charge on any atom is 0.266 e. The molecule has 2 aromatic rings. The number of hydrogen-bond acceptors (Lipinski definition) is 4. The summed E-state index contributed by atoms with van der Waals surface area (Å²) >= 11 is 1.45. The number of para-hydroxylation sites is 1. The van der Waals surface area contributed by atoms with Crippen molar-refractivity contribution in [2.75, 3.05) is 5.01 Å². The minimum absolute atomic E-state index is 0.0435. The van der Waals surface area contributed by atoms with Crippen molar-refractivity contribution in [3.8, 4) is 6.07 Å². The topological polar surface area (TPSA) is 56.5 Å². The number of nitriles is 1. The van der Waals surface area contributed by atoms with Gasteiger partial charge < -0.3 is 0 Å². The van der Waals surface area contributed by atoms with E-state index in [9.17, 15) is 4.79 Å². The Labute approximate surface area is 133 Å². The third-order valence-corrected chi connectivity index (χ3v) is 4.63. The Kier molecular flexibility index (Phi) is 3.94. The maximum absolute atomic E-state index is 12.6. The van der Waals surface area contributed by atoms with Crippen LogP contribution < -0.4 is 5.01 Å². The van der Waals surface area contributed by atoms with E-state index in [-0.39, 0.29) is 11.2 Å². The summed E-state index contributed by atoms with van der Waals surface area (Å²) in [6, 6.07) is 18.7. The first-order chi connectivity index (χ1) is 10.7. The second kappa shape index (κ2) is 6.04. The molecule has 1 heterocycles. The SMILES string of the molecule is CC1=NN(c2ccccc2)C(=O)C1Sc1ccc(C#N)cc1. The molecular weight excluding hydrogens is 294 g/mol. The lowest BCUT2D eigenvalue weighted by atomic mass is 10.2. The average Bonchev–Trinajstić information content (AvgIpc) is 2.84. The van der Waals surface area contributed by atoms with E-state index in [0.717, 1.165) is 16.3 Å². The van der Waals surface area contributed by atoms with Gasteiger partial charge in [-0.3, -0.25) is 4.79 Å². The van der Waals surface area contributed by atoms with Crippen LogP contribution in [0, 0.1) is 11.3 Å². The minimum atomic E-state index is -0.326. The molecule has 5 heteroatoms. The standard InChI is InChI=1S/C17H13N3OS/c1-12-16(22-15-9-7-13(11-18)8-10-15)17(21)20(19-12)14-5-3-2-4-6-14/h2-10,16H,1H3. The molecule has 0 fully saturated rings. The Balaban J connectivity index is 1.79. The summed E-state index contributed by atoms with van der Waals surface area (Å²) in [6.45, 7) is 1.86. The maximum atomic E-state index is 12.6. The van der Waals surface area contributed by atoms with Crippen LogP contribution in [-0.2, 0) is 4.79 Å². The van der Waals surface area contributed by atoms with Gasteiger partial charge in [0, 0.05) is 4.90 Å². The fourth-order valence-electron chi connectivity index (χ4n) is 2.18. The molecule has 0 N–H and O–H groups in total. The first-order valence-electron chi connectivity index (χ1n) is 6.80. The monoisotopic (exact) mass is 307 g/mol. The predicted octanol–water partition coefficient (Wildman–Crippen LogP) is 3.44. The van der Waals surface area contributed by atoms with Crippen LogP contribution in [0.2, 0.25) is 0 Å². The van der Waals surface area contributed by atoms with Crippen LogP contribution in [-0.4, -0.2) is 16.9 Å². The number of rotatable bonds is 3. The number of thioether (sulfide) groups is 1. The van der Waals surface area contributed by atoms with Crippen molar-refractivity contribution in [1.82, 2.24) is 0 Å².